The zero-order valence-corrected chi connectivity index (χ0v) is 19.1. The Kier molecular flexibility index (Phi) is 9.07. The number of nitrogens with one attached hydrogen (secondary N) is 2. The van der Waals surface area contributed by atoms with Crippen molar-refractivity contribution in [2.24, 2.45) is 5.41 Å². The molecule has 4 atom stereocenters. The van der Waals surface area contributed by atoms with E-state index < -0.39 is 6.10 Å². The standard InChI is InChI=1S/C26H38N2O2/c1-6-22(21-15-11-8-12-16-21)25(30)28-23(17-20-13-9-7-10-14-20)24(29)18-27-19(2)26(3,4)5/h7-16,19,22-24,27,29H,6,17-18H2,1-5H3,(H,28,30). The van der Waals surface area contributed by atoms with E-state index in [2.05, 4.69) is 38.3 Å². The van der Waals surface area contributed by atoms with Gasteiger partial charge >= 0.3 is 0 Å². The van der Waals surface area contributed by atoms with Gasteiger partial charge in [0.25, 0.3) is 0 Å². The summed E-state index contributed by atoms with van der Waals surface area (Å²) in [7, 11) is 0. The number of aliphatic hydroxyl groups excluding tert-OH is 1. The van der Waals surface area contributed by atoms with E-state index in [1.54, 1.807) is 0 Å². The lowest BCUT2D eigenvalue weighted by Gasteiger charge is -2.32. The van der Waals surface area contributed by atoms with Crippen LogP contribution in [-0.4, -0.2) is 35.7 Å². The monoisotopic (exact) mass is 410 g/mol. The van der Waals surface area contributed by atoms with Crippen LogP contribution in [0.15, 0.2) is 60.7 Å². The summed E-state index contributed by atoms with van der Waals surface area (Å²) in [5.74, 6) is -0.259. The molecule has 0 saturated heterocycles. The van der Waals surface area contributed by atoms with Gasteiger partial charge in [-0.1, -0.05) is 88.4 Å². The van der Waals surface area contributed by atoms with E-state index in [4.69, 9.17) is 0 Å². The molecule has 2 aromatic rings. The maximum absolute atomic E-state index is 13.1. The molecule has 0 heterocycles. The van der Waals surface area contributed by atoms with Crippen LogP contribution in [0.4, 0.5) is 0 Å². The Morgan fingerprint density at radius 2 is 1.57 bits per heavy atom. The quantitative estimate of drug-likeness (QED) is 0.547. The molecule has 4 nitrogen and oxygen atoms in total. The molecule has 0 spiro atoms. The number of carbonyl (C=O) groups excluding carboxylic acids is 1. The number of rotatable bonds is 10. The second-order valence-corrected chi connectivity index (χ2v) is 9.24. The predicted molar refractivity (Wildman–Crippen MR) is 124 cm³/mol. The third-order valence-corrected chi connectivity index (χ3v) is 5.95. The normalized spacial score (nSPS) is 15.8. The third kappa shape index (κ3) is 7.26. The summed E-state index contributed by atoms with van der Waals surface area (Å²) in [6.07, 6.45) is 0.612. The Balaban J connectivity index is 2.13. The molecular weight excluding hydrogens is 372 g/mol. The lowest BCUT2D eigenvalue weighted by Crippen LogP contribution is -2.52. The average molecular weight is 411 g/mol. The molecule has 1 amide bonds. The van der Waals surface area contributed by atoms with E-state index in [-0.39, 0.29) is 29.3 Å². The minimum atomic E-state index is -0.688. The third-order valence-electron chi connectivity index (χ3n) is 5.95. The maximum atomic E-state index is 13.1. The number of aliphatic hydroxyl groups is 1. The predicted octanol–water partition coefficient (Wildman–Crippen LogP) is 4.29. The number of hydrogen-bond donors (Lipinski definition) is 3. The van der Waals surface area contributed by atoms with Crippen molar-refractivity contribution in [1.82, 2.24) is 10.6 Å². The van der Waals surface area contributed by atoms with Gasteiger partial charge in [-0.15, -0.1) is 0 Å². The molecule has 0 aliphatic carbocycles. The zero-order valence-electron chi connectivity index (χ0n) is 19.1. The highest BCUT2D eigenvalue weighted by Gasteiger charge is 2.27. The van der Waals surface area contributed by atoms with Gasteiger partial charge in [0.1, 0.15) is 0 Å². The number of carbonyl (C=O) groups is 1. The van der Waals surface area contributed by atoms with Crippen molar-refractivity contribution in [3.05, 3.63) is 71.8 Å². The van der Waals surface area contributed by atoms with Crippen LogP contribution in [0.3, 0.4) is 0 Å². The van der Waals surface area contributed by atoms with Crippen LogP contribution in [0.1, 0.15) is 58.1 Å². The molecule has 164 valence electrons. The van der Waals surface area contributed by atoms with E-state index in [1.807, 2.05) is 67.6 Å². The SMILES string of the molecule is CCC(C(=O)NC(Cc1ccccc1)C(O)CNC(C)C(C)(C)C)c1ccccc1. The van der Waals surface area contributed by atoms with E-state index in [9.17, 15) is 9.90 Å². The van der Waals surface area contributed by atoms with Gasteiger partial charge in [0, 0.05) is 12.6 Å². The largest absolute Gasteiger partial charge is 0.390 e. The van der Waals surface area contributed by atoms with Crippen LogP contribution < -0.4 is 10.6 Å². The molecule has 0 fully saturated rings. The molecule has 0 saturated carbocycles. The summed E-state index contributed by atoms with van der Waals surface area (Å²) < 4.78 is 0. The van der Waals surface area contributed by atoms with Crippen molar-refractivity contribution in [2.75, 3.05) is 6.54 Å². The second kappa shape index (κ2) is 11.3. The molecular formula is C26H38N2O2. The van der Waals surface area contributed by atoms with Gasteiger partial charge in [-0.2, -0.15) is 0 Å². The molecule has 2 aromatic carbocycles. The fourth-order valence-electron chi connectivity index (χ4n) is 3.44. The fraction of sp³-hybridized carbons (Fsp3) is 0.500. The first-order valence-electron chi connectivity index (χ1n) is 11.0. The first-order chi connectivity index (χ1) is 14.2. The molecule has 30 heavy (non-hydrogen) atoms. The van der Waals surface area contributed by atoms with E-state index in [0.717, 1.165) is 11.1 Å². The summed E-state index contributed by atoms with van der Waals surface area (Å²) in [5.41, 5.74) is 2.20. The maximum Gasteiger partial charge on any atom is 0.227 e. The highest BCUT2D eigenvalue weighted by Crippen LogP contribution is 2.21. The zero-order chi connectivity index (χ0) is 22.1. The van der Waals surface area contributed by atoms with Crippen molar-refractivity contribution in [1.29, 1.82) is 0 Å². The highest BCUT2D eigenvalue weighted by molar-refractivity contribution is 5.83. The van der Waals surface area contributed by atoms with Gasteiger partial charge in [0.05, 0.1) is 18.1 Å². The smallest absolute Gasteiger partial charge is 0.227 e. The Bertz CT molecular complexity index is 756. The molecule has 0 aliphatic rings. The van der Waals surface area contributed by atoms with Crippen LogP contribution in [0, 0.1) is 5.41 Å². The summed E-state index contributed by atoms with van der Waals surface area (Å²) in [5, 5.41) is 17.6. The Hall–Kier alpha value is -2.17. The summed E-state index contributed by atoms with van der Waals surface area (Å²) in [6, 6.07) is 19.7. The van der Waals surface area contributed by atoms with Crippen LogP contribution in [0.5, 0.6) is 0 Å². The summed E-state index contributed by atoms with van der Waals surface area (Å²) >= 11 is 0. The highest BCUT2D eigenvalue weighted by atomic mass is 16.3. The van der Waals surface area contributed by atoms with Crippen LogP contribution in [0.2, 0.25) is 0 Å². The van der Waals surface area contributed by atoms with Crippen LogP contribution >= 0.6 is 0 Å². The lowest BCUT2D eigenvalue weighted by atomic mass is 9.88. The Morgan fingerprint density at radius 1 is 1.00 bits per heavy atom. The average Bonchev–Trinajstić information content (AvgIpc) is 2.72. The molecule has 4 unspecified atom stereocenters. The van der Waals surface area contributed by atoms with E-state index >= 15 is 0 Å². The number of hydrogen-bond acceptors (Lipinski definition) is 3. The number of amides is 1. The molecule has 0 aromatic heterocycles. The van der Waals surface area contributed by atoms with Crippen molar-refractivity contribution < 1.29 is 9.90 Å². The summed E-state index contributed by atoms with van der Waals surface area (Å²) in [6.45, 7) is 11.1. The second-order valence-electron chi connectivity index (χ2n) is 9.24. The minimum Gasteiger partial charge on any atom is -0.390 e. The van der Waals surface area contributed by atoms with Gasteiger partial charge in [-0.25, -0.2) is 0 Å². The van der Waals surface area contributed by atoms with Crippen molar-refractivity contribution in [2.45, 2.75) is 71.6 Å². The topological polar surface area (TPSA) is 61.4 Å². The lowest BCUT2D eigenvalue weighted by molar-refractivity contribution is -0.124. The van der Waals surface area contributed by atoms with E-state index in [1.165, 1.54) is 0 Å². The van der Waals surface area contributed by atoms with Gasteiger partial charge < -0.3 is 15.7 Å². The number of benzene rings is 2. The molecule has 2 rings (SSSR count). The van der Waals surface area contributed by atoms with Gasteiger partial charge in [-0.3, -0.25) is 4.79 Å². The minimum absolute atomic E-state index is 0.0347. The molecule has 0 aliphatic heterocycles. The first-order valence-corrected chi connectivity index (χ1v) is 11.0. The van der Waals surface area contributed by atoms with Crippen molar-refractivity contribution >= 4 is 5.91 Å². The summed E-state index contributed by atoms with van der Waals surface area (Å²) in [4.78, 5) is 13.1. The Morgan fingerprint density at radius 3 is 2.10 bits per heavy atom. The Labute approximate surface area is 182 Å². The van der Waals surface area contributed by atoms with Crippen LogP contribution in [-0.2, 0) is 11.2 Å². The van der Waals surface area contributed by atoms with Crippen LogP contribution in [0.25, 0.3) is 0 Å². The molecule has 3 N–H and O–H groups in total. The molecule has 0 bridgehead atoms. The van der Waals surface area contributed by atoms with Crippen molar-refractivity contribution in [3.8, 4) is 0 Å². The van der Waals surface area contributed by atoms with Gasteiger partial charge in [0.2, 0.25) is 5.91 Å². The van der Waals surface area contributed by atoms with Gasteiger partial charge in [-0.05, 0) is 36.3 Å². The van der Waals surface area contributed by atoms with E-state index in [0.29, 0.717) is 19.4 Å². The fourth-order valence-corrected chi connectivity index (χ4v) is 3.44. The molecule has 4 heteroatoms. The van der Waals surface area contributed by atoms with Gasteiger partial charge in [0.15, 0.2) is 0 Å². The van der Waals surface area contributed by atoms with Crippen molar-refractivity contribution in [3.63, 3.8) is 0 Å². The molecule has 0 radical (unpaired) electrons. The first kappa shape index (κ1) is 24.1.